The molecule has 0 aliphatic rings. The number of aliphatic hydroxyl groups excluding tert-OH is 1. The fourth-order valence-electron chi connectivity index (χ4n) is 12.4. The van der Waals surface area contributed by atoms with Crippen molar-refractivity contribution in [3.05, 3.63) is 0 Å². The molecule has 0 amide bonds. The summed E-state index contributed by atoms with van der Waals surface area (Å²) in [6.45, 7) is 12.0. The Bertz CT molecular complexity index is 1940. The third-order valence-electron chi connectivity index (χ3n) is 19.6. The summed E-state index contributed by atoms with van der Waals surface area (Å²) < 4.78 is 68.6. The normalized spacial score (nSPS) is 14.5. The lowest BCUT2D eigenvalue weighted by Crippen LogP contribution is -2.30. The Hall–Kier alpha value is -1.94. The minimum absolute atomic E-state index is 0.106. The molecule has 0 aromatic rings. The molecule has 0 aromatic heterocycles. The van der Waals surface area contributed by atoms with E-state index in [1.807, 2.05) is 0 Å². The van der Waals surface area contributed by atoms with E-state index in [0.29, 0.717) is 25.7 Å². The third kappa shape index (κ3) is 71.7. The maximum atomic E-state index is 13.1. The van der Waals surface area contributed by atoms with Crippen LogP contribution < -0.4 is 0 Å². The van der Waals surface area contributed by atoms with Gasteiger partial charge in [-0.05, 0) is 43.4 Å². The fraction of sp³-hybridized carbons (Fsp3) is 0.951. The Morgan fingerprint density at radius 2 is 0.510 bits per heavy atom. The van der Waals surface area contributed by atoms with Gasteiger partial charge in [-0.2, -0.15) is 0 Å². The number of rotatable bonds is 79. The second-order valence-electron chi connectivity index (χ2n) is 30.1. The first-order valence-electron chi connectivity index (χ1n) is 41.9. The Morgan fingerprint density at radius 3 is 0.760 bits per heavy atom. The monoisotopic (exact) mass is 1470 g/mol. The maximum absolute atomic E-state index is 13.1. The number of unbranched alkanes of at least 4 members (excludes halogenated alkanes) is 45. The molecular weight excluding hydrogens is 1310 g/mol. The summed E-state index contributed by atoms with van der Waals surface area (Å²) in [5.41, 5.74) is 0. The first-order chi connectivity index (χ1) is 48.3. The number of phosphoric ester groups is 2. The summed E-state index contributed by atoms with van der Waals surface area (Å²) in [7, 11) is -9.92. The highest BCUT2D eigenvalue weighted by Gasteiger charge is 2.30. The average Bonchev–Trinajstić information content (AvgIpc) is 0.939. The summed E-state index contributed by atoms with van der Waals surface area (Å²) in [6, 6.07) is 0. The Labute approximate surface area is 613 Å². The van der Waals surface area contributed by atoms with Crippen LogP contribution in [0.3, 0.4) is 0 Å². The molecule has 0 radical (unpaired) electrons. The van der Waals surface area contributed by atoms with Crippen LogP contribution in [0.15, 0.2) is 0 Å². The van der Waals surface area contributed by atoms with Crippen LogP contribution in [0, 0.1) is 17.8 Å². The number of ether oxygens (including phenoxy) is 4. The maximum Gasteiger partial charge on any atom is 0.472 e. The zero-order valence-electron chi connectivity index (χ0n) is 65.7. The largest absolute Gasteiger partial charge is 0.472 e. The van der Waals surface area contributed by atoms with Gasteiger partial charge in [0, 0.05) is 25.7 Å². The molecule has 0 bridgehead atoms. The van der Waals surface area contributed by atoms with E-state index in [-0.39, 0.29) is 25.7 Å². The van der Waals surface area contributed by atoms with Crippen LogP contribution in [-0.4, -0.2) is 96.7 Å². The van der Waals surface area contributed by atoms with Crippen molar-refractivity contribution in [1.29, 1.82) is 0 Å². The lowest BCUT2D eigenvalue weighted by atomic mass is 9.99. The first-order valence-corrected chi connectivity index (χ1v) is 44.9. The fourth-order valence-corrected chi connectivity index (χ4v) is 14.0. The van der Waals surface area contributed by atoms with E-state index < -0.39 is 97.5 Å². The number of esters is 4. The van der Waals surface area contributed by atoms with E-state index in [0.717, 1.165) is 114 Å². The second-order valence-corrected chi connectivity index (χ2v) is 33.0. The van der Waals surface area contributed by atoms with E-state index in [9.17, 15) is 43.2 Å². The van der Waals surface area contributed by atoms with Crippen molar-refractivity contribution in [2.75, 3.05) is 39.6 Å². The summed E-state index contributed by atoms with van der Waals surface area (Å²) in [5.74, 6) is 0.351. The molecule has 7 atom stereocenters. The number of phosphoric acid groups is 2. The van der Waals surface area contributed by atoms with Crippen LogP contribution in [0.2, 0.25) is 0 Å². The lowest BCUT2D eigenvalue weighted by Gasteiger charge is -2.21. The van der Waals surface area contributed by atoms with Crippen LogP contribution >= 0.6 is 15.6 Å². The van der Waals surface area contributed by atoms with Gasteiger partial charge in [0.05, 0.1) is 26.4 Å². The average molecular weight is 1470 g/mol. The minimum atomic E-state index is -4.96. The van der Waals surface area contributed by atoms with E-state index >= 15 is 0 Å². The summed E-state index contributed by atoms with van der Waals surface area (Å²) in [5, 5.41) is 10.6. The molecule has 100 heavy (non-hydrogen) atoms. The minimum Gasteiger partial charge on any atom is -0.462 e. The molecule has 0 aliphatic carbocycles. The SMILES string of the molecule is CCCCCCCCCCC(=O)OC[C@H](COP(=O)(O)OC[C@H](O)COP(=O)(O)OC[C@@H](COC(=O)CCCCCCCCCCCCCCCC(C)C)OC(=O)CCCCCCCCCCCCCCCCCCCCC(C)CC)OC(=O)CCCCCCCCCCCCC(C)CC. The predicted octanol–water partition coefficient (Wildman–Crippen LogP) is 24.1. The molecule has 0 rings (SSSR count). The summed E-state index contributed by atoms with van der Waals surface area (Å²) >= 11 is 0. The highest BCUT2D eigenvalue weighted by molar-refractivity contribution is 7.47. The van der Waals surface area contributed by atoms with Crippen LogP contribution in [0.25, 0.3) is 0 Å². The zero-order valence-corrected chi connectivity index (χ0v) is 67.5. The van der Waals surface area contributed by atoms with Crippen molar-refractivity contribution in [2.45, 2.75) is 439 Å². The van der Waals surface area contributed by atoms with Crippen molar-refractivity contribution in [1.82, 2.24) is 0 Å². The Morgan fingerprint density at radius 1 is 0.290 bits per heavy atom. The molecule has 0 fully saturated rings. The zero-order chi connectivity index (χ0) is 73.7. The highest BCUT2D eigenvalue weighted by atomic mass is 31.2. The Balaban J connectivity index is 5.19. The number of aliphatic hydroxyl groups is 1. The van der Waals surface area contributed by atoms with Crippen LogP contribution in [0.5, 0.6) is 0 Å². The third-order valence-corrected chi connectivity index (χ3v) is 21.5. The van der Waals surface area contributed by atoms with Crippen molar-refractivity contribution < 1.29 is 80.2 Å². The van der Waals surface area contributed by atoms with Crippen molar-refractivity contribution in [3.63, 3.8) is 0 Å². The molecule has 0 aromatic carbocycles. The van der Waals surface area contributed by atoms with Crippen LogP contribution in [0.4, 0.5) is 0 Å². The highest BCUT2D eigenvalue weighted by Crippen LogP contribution is 2.45. The van der Waals surface area contributed by atoms with Gasteiger partial charge in [-0.3, -0.25) is 37.3 Å². The lowest BCUT2D eigenvalue weighted by molar-refractivity contribution is -0.161. The molecule has 0 saturated heterocycles. The molecule has 0 aliphatic heterocycles. The molecule has 0 heterocycles. The van der Waals surface area contributed by atoms with Gasteiger partial charge < -0.3 is 33.8 Å². The van der Waals surface area contributed by atoms with Crippen molar-refractivity contribution in [2.24, 2.45) is 17.8 Å². The van der Waals surface area contributed by atoms with Crippen LogP contribution in [0.1, 0.15) is 421 Å². The van der Waals surface area contributed by atoms with E-state index in [2.05, 4.69) is 48.5 Å². The molecule has 19 heteroatoms. The topological polar surface area (TPSA) is 237 Å². The van der Waals surface area contributed by atoms with Gasteiger partial charge in [0.1, 0.15) is 19.3 Å². The standard InChI is InChI=1S/C81H158O17P2/c1-8-11-12-13-14-41-48-55-62-78(83)91-68-76(97-81(86)65-58-51-44-37-31-30-34-40-47-54-61-74(7)10-3)70-95-99(87,88)93-66-75(82)67-94-100(89,90)96-71-77(69-92-79(84)63-56-49-42-35-28-25-21-22-26-32-38-45-52-59-72(4)5)98-80(85)64-57-50-43-36-29-24-20-18-16-15-17-19-23-27-33-39-46-53-60-73(6)9-2/h72-77,82H,8-71H2,1-7H3,(H,87,88)(H,89,90)/t73?,74?,75-,76+,77+/m0/s1. The quantitative estimate of drug-likeness (QED) is 0.0222. The van der Waals surface area contributed by atoms with Gasteiger partial charge in [0.2, 0.25) is 0 Å². The number of hydrogen-bond acceptors (Lipinski definition) is 15. The van der Waals surface area contributed by atoms with Gasteiger partial charge in [-0.25, -0.2) is 9.13 Å². The summed E-state index contributed by atoms with van der Waals surface area (Å²) in [4.78, 5) is 72.9. The predicted molar refractivity (Wildman–Crippen MR) is 409 cm³/mol. The van der Waals surface area contributed by atoms with Gasteiger partial charge >= 0.3 is 39.5 Å². The van der Waals surface area contributed by atoms with Gasteiger partial charge in [0.25, 0.3) is 0 Å². The smallest absolute Gasteiger partial charge is 0.462 e. The van der Waals surface area contributed by atoms with Gasteiger partial charge in [-0.1, -0.05) is 370 Å². The number of carbonyl (C=O) groups excluding carboxylic acids is 4. The van der Waals surface area contributed by atoms with Crippen molar-refractivity contribution in [3.8, 4) is 0 Å². The van der Waals surface area contributed by atoms with Crippen molar-refractivity contribution >= 4 is 39.5 Å². The summed E-state index contributed by atoms with van der Waals surface area (Å²) in [6.07, 6.45) is 59.6. The van der Waals surface area contributed by atoms with E-state index in [1.54, 1.807) is 0 Å². The van der Waals surface area contributed by atoms with Gasteiger partial charge in [0.15, 0.2) is 12.2 Å². The van der Waals surface area contributed by atoms with Crippen LogP contribution in [-0.2, 0) is 65.4 Å². The van der Waals surface area contributed by atoms with E-state index in [4.69, 9.17) is 37.0 Å². The molecule has 594 valence electrons. The molecular formula is C81H158O17P2. The molecule has 17 nitrogen and oxygen atoms in total. The molecule has 0 spiro atoms. The molecule has 3 N–H and O–H groups in total. The second kappa shape index (κ2) is 71.3. The first kappa shape index (κ1) is 98.1. The van der Waals surface area contributed by atoms with Gasteiger partial charge in [-0.15, -0.1) is 0 Å². The number of hydrogen-bond donors (Lipinski definition) is 3. The Kier molecular flexibility index (Phi) is 69.9. The molecule has 4 unspecified atom stereocenters. The molecule has 0 saturated carbocycles. The number of carbonyl (C=O) groups is 4. The van der Waals surface area contributed by atoms with E-state index in [1.165, 1.54) is 225 Å².